The average molecular weight is 280 g/mol. The summed E-state index contributed by atoms with van der Waals surface area (Å²) in [6.45, 7) is 2.89. The first-order valence-corrected chi connectivity index (χ1v) is 6.81. The fraction of sp³-hybridized carbons (Fsp3) is 0.462. The van der Waals surface area contributed by atoms with Gasteiger partial charge in [-0.2, -0.15) is 5.10 Å². The van der Waals surface area contributed by atoms with E-state index >= 15 is 0 Å². The Balaban J connectivity index is 1.94. The molecule has 0 saturated carbocycles. The fourth-order valence-corrected chi connectivity index (χ4v) is 2.06. The molecule has 0 fully saturated rings. The minimum absolute atomic E-state index is 0.487. The highest BCUT2D eigenvalue weighted by Crippen LogP contribution is 2.12. The maximum absolute atomic E-state index is 5.98. The molecule has 0 aliphatic heterocycles. The van der Waals surface area contributed by atoms with Crippen molar-refractivity contribution in [3.8, 4) is 0 Å². The Hall–Kier alpha value is -1.62. The van der Waals surface area contributed by atoms with Crippen LogP contribution in [0.25, 0.3) is 0 Å². The van der Waals surface area contributed by atoms with E-state index < -0.39 is 0 Å². The number of aromatic nitrogens is 4. The van der Waals surface area contributed by atoms with E-state index in [4.69, 9.17) is 11.6 Å². The van der Waals surface area contributed by atoms with Crippen LogP contribution in [0.4, 0.5) is 5.82 Å². The van der Waals surface area contributed by atoms with Crippen molar-refractivity contribution in [2.24, 2.45) is 7.05 Å². The van der Waals surface area contributed by atoms with Crippen LogP contribution < -0.4 is 5.32 Å². The molecule has 6 heteroatoms. The van der Waals surface area contributed by atoms with Gasteiger partial charge in [-0.1, -0.05) is 18.5 Å². The zero-order chi connectivity index (χ0) is 13.7. The highest BCUT2D eigenvalue weighted by molar-refractivity contribution is 6.29. The lowest BCUT2D eigenvalue weighted by Crippen LogP contribution is -2.10. The highest BCUT2D eigenvalue weighted by atomic mass is 35.5. The number of nitrogens with zero attached hydrogens (tertiary/aromatic N) is 4. The lowest BCUT2D eigenvalue weighted by molar-refractivity contribution is 0.710. The molecule has 2 heterocycles. The summed E-state index contributed by atoms with van der Waals surface area (Å²) in [5.74, 6) is 1.57. The molecule has 2 rings (SSSR count). The lowest BCUT2D eigenvalue weighted by Gasteiger charge is -2.07. The predicted octanol–water partition coefficient (Wildman–Crippen LogP) is 2.47. The number of nitrogens with one attached hydrogen (secondary N) is 1. The van der Waals surface area contributed by atoms with Gasteiger partial charge in [0, 0.05) is 44.4 Å². The molecule has 102 valence electrons. The van der Waals surface area contributed by atoms with E-state index in [0.29, 0.717) is 5.15 Å². The minimum Gasteiger partial charge on any atom is -0.370 e. The van der Waals surface area contributed by atoms with E-state index in [2.05, 4.69) is 27.3 Å². The number of rotatable bonds is 6. The summed E-state index contributed by atoms with van der Waals surface area (Å²) in [4.78, 5) is 8.63. The molecule has 1 N–H and O–H groups in total. The largest absolute Gasteiger partial charge is 0.370 e. The van der Waals surface area contributed by atoms with Gasteiger partial charge in [0.15, 0.2) is 0 Å². The van der Waals surface area contributed by atoms with E-state index in [1.165, 1.54) is 5.69 Å². The molecule has 0 unspecified atom stereocenters. The van der Waals surface area contributed by atoms with Gasteiger partial charge in [0.05, 0.1) is 0 Å². The second-order valence-electron chi connectivity index (χ2n) is 4.37. The third kappa shape index (κ3) is 3.92. The van der Waals surface area contributed by atoms with Gasteiger partial charge >= 0.3 is 0 Å². The summed E-state index contributed by atoms with van der Waals surface area (Å²) in [6, 6.07) is 3.76. The molecule has 0 aliphatic rings. The first-order valence-electron chi connectivity index (χ1n) is 6.43. The van der Waals surface area contributed by atoms with Crippen molar-refractivity contribution in [1.29, 1.82) is 0 Å². The first-order chi connectivity index (χ1) is 9.19. The second-order valence-corrected chi connectivity index (χ2v) is 4.75. The van der Waals surface area contributed by atoms with Gasteiger partial charge in [-0.15, -0.1) is 0 Å². The molecule has 0 aromatic carbocycles. The quantitative estimate of drug-likeness (QED) is 0.826. The molecule has 2 aromatic rings. The molecule has 0 saturated heterocycles. The van der Waals surface area contributed by atoms with Crippen LogP contribution in [0, 0.1) is 0 Å². The summed E-state index contributed by atoms with van der Waals surface area (Å²) in [7, 11) is 1.94. The van der Waals surface area contributed by atoms with Crippen LogP contribution in [0.5, 0.6) is 0 Å². The third-order valence-electron chi connectivity index (χ3n) is 2.82. The maximum atomic E-state index is 5.98. The SMILES string of the molecule is CCCc1nc(Cl)cc(NCCc2ccnn2C)n1. The zero-order valence-electron chi connectivity index (χ0n) is 11.2. The highest BCUT2D eigenvalue weighted by Gasteiger charge is 2.03. The Morgan fingerprint density at radius 3 is 2.84 bits per heavy atom. The van der Waals surface area contributed by atoms with Crippen molar-refractivity contribution >= 4 is 17.4 Å². The van der Waals surface area contributed by atoms with Crippen molar-refractivity contribution < 1.29 is 0 Å². The Kier molecular flexibility index (Phi) is 4.74. The predicted molar refractivity (Wildman–Crippen MR) is 76.4 cm³/mol. The number of hydrogen-bond donors (Lipinski definition) is 1. The smallest absolute Gasteiger partial charge is 0.134 e. The Morgan fingerprint density at radius 2 is 2.16 bits per heavy atom. The van der Waals surface area contributed by atoms with Crippen LogP contribution in [0.2, 0.25) is 5.15 Å². The number of halogens is 1. The van der Waals surface area contributed by atoms with Crippen LogP contribution >= 0.6 is 11.6 Å². The van der Waals surface area contributed by atoms with Gasteiger partial charge < -0.3 is 5.32 Å². The minimum atomic E-state index is 0.487. The molecule has 0 atom stereocenters. The summed E-state index contributed by atoms with van der Waals surface area (Å²) >= 11 is 5.98. The molecule has 0 aliphatic carbocycles. The zero-order valence-corrected chi connectivity index (χ0v) is 12.0. The fourth-order valence-electron chi connectivity index (χ4n) is 1.86. The Bertz CT molecular complexity index is 538. The summed E-state index contributed by atoms with van der Waals surface area (Å²) in [5, 5.41) is 7.90. The average Bonchev–Trinajstić information content (AvgIpc) is 2.75. The van der Waals surface area contributed by atoms with Crippen LogP contribution in [0.3, 0.4) is 0 Å². The molecule has 2 aromatic heterocycles. The van der Waals surface area contributed by atoms with E-state index in [1.54, 1.807) is 12.3 Å². The first kappa shape index (κ1) is 13.8. The lowest BCUT2D eigenvalue weighted by atomic mass is 10.3. The Labute approximate surface area is 118 Å². The molecule has 0 bridgehead atoms. The van der Waals surface area contributed by atoms with Crippen molar-refractivity contribution in [2.45, 2.75) is 26.2 Å². The summed E-state index contributed by atoms with van der Waals surface area (Å²) in [5.41, 5.74) is 1.18. The van der Waals surface area contributed by atoms with Crippen LogP contribution in [0.1, 0.15) is 24.9 Å². The molecular formula is C13H18ClN5. The van der Waals surface area contributed by atoms with E-state index in [0.717, 1.165) is 37.4 Å². The van der Waals surface area contributed by atoms with Crippen molar-refractivity contribution in [1.82, 2.24) is 19.7 Å². The molecule has 0 radical (unpaired) electrons. The number of aryl methyl sites for hydroxylation is 2. The summed E-state index contributed by atoms with van der Waals surface area (Å²) in [6.07, 6.45) is 4.54. The third-order valence-corrected chi connectivity index (χ3v) is 3.02. The molecular weight excluding hydrogens is 262 g/mol. The number of anilines is 1. The van der Waals surface area contributed by atoms with Gasteiger partial charge in [0.2, 0.25) is 0 Å². The molecule has 5 nitrogen and oxygen atoms in total. The topological polar surface area (TPSA) is 55.6 Å². The van der Waals surface area contributed by atoms with Gasteiger partial charge in [-0.05, 0) is 12.5 Å². The normalized spacial score (nSPS) is 10.7. The van der Waals surface area contributed by atoms with E-state index in [-0.39, 0.29) is 0 Å². The summed E-state index contributed by atoms with van der Waals surface area (Å²) < 4.78 is 1.87. The molecule has 0 spiro atoms. The van der Waals surface area contributed by atoms with Gasteiger partial charge in [-0.3, -0.25) is 4.68 Å². The van der Waals surface area contributed by atoms with Crippen molar-refractivity contribution in [2.75, 3.05) is 11.9 Å². The number of hydrogen-bond acceptors (Lipinski definition) is 4. The van der Waals surface area contributed by atoms with Crippen molar-refractivity contribution in [3.05, 3.63) is 35.0 Å². The van der Waals surface area contributed by atoms with E-state index in [9.17, 15) is 0 Å². The monoisotopic (exact) mass is 279 g/mol. The second kappa shape index (κ2) is 6.52. The van der Waals surface area contributed by atoms with Crippen molar-refractivity contribution in [3.63, 3.8) is 0 Å². The van der Waals surface area contributed by atoms with Gasteiger partial charge in [0.1, 0.15) is 16.8 Å². The van der Waals surface area contributed by atoms with Gasteiger partial charge in [0.25, 0.3) is 0 Å². The standard InChI is InChI=1S/C13H18ClN5/c1-3-4-12-17-11(14)9-13(18-12)15-7-5-10-6-8-16-19(10)2/h6,8-9H,3-5,7H2,1-2H3,(H,15,17,18). The van der Waals surface area contributed by atoms with Crippen LogP contribution in [0.15, 0.2) is 18.3 Å². The van der Waals surface area contributed by atoms with Crippen LogP contribution in [-0.2, 0) is 19.9 Å². The Morgan fingerprint density at radius 1 is 1.32 bits per heavy atom. The molecule has 19 heavy (non-hydrogen) atoms. The molecule has 0 amide bonds. The van der Waals surface area contributed by atoms with Gasteiger partial charge in [-0.25, -0.2) is 9.97 Å². The maximum Gasteiger partial charge on any atom is 0.134 e. The van der Waals surface area contributed by atoms with E-state index in [1.807, 2.05) is 17.8 Å². The van der Waals surface area contributed by atoms with Crippen LogP contribution in [-0.4, -0.2) is 26.3 Å².